The number of hydrogen-bond donors (Lipinski definition) is 0. The molecule has 1 spiro atoms. The summed E-state index contributed by atoms with van der Waals surface area (Å²) in [7, 11) is 8.13. The highest BCUT2D eigenvalue weighted by molar-refractivity contribution is 4.92. The molecule has 0 saturated carbocycles. The summed E-state index contributed by atoms with van der Waals surface area (Å²) in [6.07, 6.45) is 5.39. The third-order valence-corrected chi connectivity index (χ3v) is 3.48. The third-order valence-electron chi connectivity index (χ3n) is 3.48. The molecule has 0 unspecified atom stereocenters. The van der Waals surface area contributed by atoms with E-state index in [0.29, 0.717) is 5.41 Å². The van der Waals surface area contributed by atoms with E-state index in [0.717, 1.165) is 0 Å². The van der Waals surface area contributed by atoms with Crippen molar-refractivity contribution in [2.75, 3.05) is 26.2 Å². The zero-order chi connectivity index (χ0) is 9.31. The maximum atomic E-state index is 4.07. The maximum absolute atomic E-state index is 4.07. The van der Waals surface area contributed by atoms with Gasteiger partial charge in [0.2, 0.25) is 0 Å². The molecule has 0 aromatic carbocycles. The minimum absolute atomic E-state index is 0.528. The lowest BCUT2D eigenvalue weighted by Crippen LogP contribution is -2.49. The molecule has 2 nitrogen and oxygen atoms in total. The molecular formula is C11H20N2-2. The van der Waals surface area contributed by atoms with Gasteiger partial charge in [0.1, 0.15) is 0 Å². The number of rotatable bonds is 0. The van der Waals surface area contributed by atoms with E-state index in [1.54, 1.807) is 0 Å². The van der Waals surface area contributed by atoms with E-state index in [4.69, 9.17) is 0 Å². The molecule has 0 aromatic rings. The van der Waals surface area contributed by atoms with Crippen molar-refractivity contribution in [3.8, 4) is 0 Å². The van der Waals surface area contributed by atoms with Gasteiger partial charge in [-0.1, -0.05) is 0 Å². The minimum atomic E-state index is 0.528. The van der Waals surface area contributed by atoms with Crippen LogP contribution in [-0.4, -0.2) is 36.0 Å². The fourth-order valence-corrected chi connectivity index (χ4v) is 2.95. The van der Waals surface area contributed by atoms with Crippen molar-refractivity contribution in [3.63, 3.8) is 0 Å². The molecule has 0 N–H and O–H groups in total. The van der Waals surface area contributed by atoms with E-state index < -0.39 is 0 Å². The molecule has 2 rings (SSSR count). The summed E-state index contributed by atoms with van der Waals surface area (Å²) in [5.41, 5.74) is 0.528. The minimum Gasteiger partial charge on any atom is -0.459 e. The average Bonchev–Trinajstić information content (AvgIpc) is 2.02. The molecule has 2 saturated heterocycles. The second kappa shape index (κ2) is 3.58. The number of hydrogen-bond acceptors (Lipinski definition) is 2. The quantitative estimate of drug-likeness (QED) is 0.524. The lowest BCUT2D eigenvalue weighted by molar-refractivity contribution is 0.0472. The first-order valence-electron chi connectivity index (χ1n) is 5.31. The first-order valence-corrected chi connectivity index (χ1v) is 5.31. The molecule has 2 fully saturated rings. The van der Waals surface area contributed by atoms with Gasteiger partial charge >= 0.3 is 0 Å². The van der Waals surface area contributed by atoms with Crippen LogP contribution in [0.4, 0.5) is 0 Å². The van der Waals surface area contributed by atoms with Gasteiger partial charge in [-0.15, -0.1) is 0 Å². The van der Waals surface area contributed by atoms with Gasteiger partial charge in [-0.3, -0.25) is 14.1 Å². The highest BCUT2D eigenvalue weighted by atomic mass is 15.2. The highest BCUT2D eigenvalue weighted by Gasteiger charge is 2.34. The maximum Gasteiger partial charge on any atom is -0.00898 e. The summed E-state index contributed by atoms with van der Waals surface area (Å²) in [5.74, 6) is 0. The largest absolute Gasteiger partial charge is 0.459 e. The van der Waals surface area contributed by atoms with Crippen LogP contribution < -0.4 is 0 Å². The lowest BCUT2D eigenvalue weighted by Gasteiger charge is -2.52. The van der Waals surface area contributed by atoms with Gasteiger partial charge in [0.05, 0.1) is 0 Å². The molecule has 0 radical (unpaired) electrons. The normalized spacial score (nSPS) is 30.9. The molecular weight excluding hydrogens is 160 g/mol. The first kappa shape index (κ1) is 9.47. The van der Waals surface area contributed by atoms with Crippen LogP contribution in [0, 0.1) is 19.5 Å². The van der Waals surface area contributed by atoms with Crippen molar-refractivity contribution < 1.29 is 0 Å². The molecule has 0 atom stereocenters. The van der Waals surface area contributed by atoms with Crippen LogP contribution >= 0.6 is 0 Å². The fourth-order valence-electron chi connectivity index (χ4n) is 2.95. The predicted octanol–water partition coefficient (Wildman–Crippen LogP) is 1.75. The Bertz CT molecular complexity index is 159. The van der Waals surface area contributed by atoms with Crippen molar-refractivity contribution in [2.45, 2.75) is 25.7 Å². The summed E-state index contributed by atoms with van der Waals surface area (Å²) in [5, 5.41) is 0. The monoisotopic (exact) mass is 180 g/mol. The number of likely N-dealkylation sites (tertiary alicyclic amines) is 2. The van der Waals surface area contributed by atoms with E-state index >= 15 is 0 Å². The zero-order valence-electron chi connectivity index (χ0n) is 8.47. The number of nitrogens with zero attached hydrogens (tertiary/aromatic N) is 2. The molecule has 0 aromatic heterocycles. The van der Waals surface area contributed by atoms with Crippen molar-refractivity contribution in [1.82, 2.24) is 9.80 Å². The molecule has 13 heavy (non-hydrogen) atoms. The Morgan fingerprint density at radius 3 is 1.69 bits per heavy atom. The fraction of sp³-hybridized carbons (Fsp3) is 0.818. The van der Waals surface area contributed by atoms with Gasteiger partial charge in [0.25, 0.3) is 0 Å². The van der Waals surface area contributed by atoms with Crippen molar-refractivity contribution in [1.29, 1.82) is 0 Å². The molecule has 2 aliphatic heterocycles. The van der Waals surface area contributed by atoms with Crippen molar-refractivity contribution in [2.24, 2.45) is 5.41 Å². The van der Waals surface area contributed by atoms with Gasteiger partial charge in [-0.25, -0.2) is 0 Å². The van der Waals surface area contributed by atoms with E-state index in [2.05, 4.69) is 23.9 Å². The molecule has 0 bridgehead atoms. The van der Waals surface area contributed by atoms with Crippen LogP contribution in [0.3, 0.4) is 0 Å². The van der Waals surface area contributed by atoms with Crippen LogP contribution in [-0.2, 0) is 0 Å². The zero-order valence-corrected chi connectivity index (χ0v) is 8.47. The smallest absolute Gasteiger partial charge is 0.00898 e. The van der Waals surface area contributed by atoms with E-state index in [1.165, 1.54) is 51.9 Å². The van der Waals surface area contributed by atoms with Crippen molar-refractivity contribution in [3.05, 3.63) is 14.1 Å². The average molecular weight is 180 g/mol. The van der Waals surface area contributed by atoms with Crippen LogP contribution in [0.5, 0.6) is 0 Å². The second-order valence-corrected chi connectivity index (χ2v) is 4.81. The molecule has 0 amide bonds. The first-order chi connectivity index (χ1) is 6.20. The SMILES string of the molecule is [CH2-]N1CCCC2(CCCN([CH2-])C2)C1. The van der Waals surface area contributed by atoms with Gasteiger partial charge in [-0.05, 0) is 57.3 Å². The summed E-state index contributed by atoms with van der Waals surface area (Å²) >= 11 is 0. The third kappa shape index (κ3) is 2.05. The van der Waals surface area contributed by atoms with Crippen LogP contribution in [0.15, 0.2) is 0 Å². The topological polar surface area (TPSA) is 6.48 Å². The molecule has 0 aliphatic carbocycles. The Labute approximate surface area is 81.9 Å². The molecule has 2 heteroatoms. The van der Waals surface area contributed by atoms with Crippen LogP contribution in [0.2, 0.25) is 0 Å². The predicted molar refractivity (Wildman–Crippen MR) is 54.8 cm³/mol. The second-order valence-electron chi connectivity index (χ2n) is 4.81. The van der Waals surface area contributed by atoms with E-state index in [9.17, 15) is 0 Å². The van der Waals surface area contributed by atoms with Crippen LogP contribution in [0.1, 0.15) is 25.7 Å². The van der Waals surface area contributed by atoms with Gasteiger partial charge in [0, 0.05) is 0 Å². The molecule has 2 heterocycles. The Morgan fingerprint density at radius 2 is 1.31 bits per heavy atom. The Morgan fingerprint density at radius 1 is 0.846 bits per heavy atom. The lowest BCUT2D eigenvalue weighted by atomic mass is 9.74. The summed E-state index contributed by atoms with van der Waals surface area (Å²) in [6, 6.07) is 0. The highest BCUT2D eigenvalue weighted by Crippen LogP contribution is 2.37. The van der Waals surface area contributed by atoms with Crippen molar-refractivity contribution >= 4 is 0 Å². The van der Waals surface area contributed by atoms with E-state index in [-0.39, 0.29) is 0 Å². The standard InChI is InChI=1S/C11H20N2/c1-12-7-3-5-11(9-12)6-4-8-13(2)10-11/h1-10H2/q-2. The van der Waals surface area contributed by atoms with Gasteiger partial charge in [-0.2, -0.15) is 0 Å². The number of piperidine rings is 2. The Kier molecular flexibility index (Phi) is 2.61. The van der Waals surface area contributed by atoms with Crippen LogP contribution in [0.25, 0.3) is 0 Å². The van der Waals surface area contributed by atoms with Gasteiger partial charge < -0.3 is 9.80 Å². The molecule has 2 aliphatic rings. The summed E-state index contributed by atoms with van der Waals surface area (Å²) < 4.78 is 0. The molecule has 76 valence electrons. The van der Waals surface area contributed by atoms with Gasteiger partial charge in [0.15, 0.2) is 0 Å². The summed E-state index contributed by atoms with van der Waals surface area (Å²) in [6.45, 7) is 4.72. The Hall–Kier alpha value is -0.0800. The Balaban J connectivity index is 2.00. The summed E-state index contributed by atoms with van der Waals surface area (Å²) in [4.78, 5) is 4.48. The van der Waals surface area contributed by atoms with E-state index in [1.807, 2.05) is 0 Å².